The smallest absolute Gasteiger partial charge is 0.272 e. The summed E-state index contributed by atoms with van der Waals surface area (Å²) in [6.45, 7) is 1.88. The lowest BCUT2D eigenvalue weighted by molar-refractivity contribution is 0.0936. The van der Waals surface area contributed by atoms with Crippen LogP contribution in [0.2, 0.25) is 0 Å². The average Bonchev–Trinajstić information content (AvgIpc) is 3.07. The fourth-order valence-electron chi connectivity index (χ4n) is 2.05. The van der Waals surface area contributed by atoms with Gasteiger partial charge in [0.15, 0.2) is 5.69 Å². The molecule has 1 aromatic carbocycles. The summed E-state index contributed by atoms with van der Waals surface area (Å²) in [4.78, 5) is 12.3. The highest BCUT2D eigenvalue weighted by molar-refractivity contribution is 6.05. The molecule has 2 heterocycles. The second-order valence-electron chi connectivity index (χ2n) is 4.60. The van der Waals surface area contributed by atoms with E-state index in [0.717, 1.165) is 11.1 Å². The zero-order valence-electron chi connectivity index (χ0n) is 10.8. The molecule has 5 N–H and O–H groups in total. The Morgan fingerprint density at radius 3 is 3.05 bits per heavy atom. The summed E-state index contributed by atoms with van der Waals surface area (Å²) in [5, 5.41) is 17.0. The first-order valence-electron chi connectivity index (χ1n) is 6.18. The van der Waals surface area contributed by atoms with Crippen molar-refractivity contribution in [3.05, 3.63) is 41.9 Å². The van der Waals surface area contributed by atoms with Crippen LogP contribution in [0.1, 0.15) is 29.0 Å². The van der Waals surface area contributed by atoms with E-state index in [0.29, 0.717) is 16.8 Å². The van der Waals surface area contributed by atoms with E-state index >= 15 is 0 Å². The lowest BCUT2D eigenvalue weighted by Gasteiger charge is -2.10. The van der Waals surface area contributed by atoms with Gasteiger partial charge in [-0.1, -0.05) is 0 Å². The number of aromatic nitrogens is 4. The molecule has 7 nitrogen and oxygen atoms in total. The van der Waals surface area contributed by atoms with Crippen LogP contribution in [-0.4, -0.2) is 26.3 Å². The summed E-state index contributed by atoms with van der Waals surface area (Å²) >= 11 is 0. The monoisotopic (exact) mass is 270 g/mol. The van der Waals surface area contributed by atoms with Crippen LogP contribution in [0.4, 0.5) is 5.69 Å². The number of nitrogens with two attached hydrogens (primary N) is 1. The minimum atomic E-state index is -0.254. The number of anilines is 1. The molecule has 0 bridgehead atoms. The zero-order valence-corrected chi connectivity index (χ0v) is 10.8. The van der Waals surface area contributed by atoms with Crippen molar-refractivity contribution in [3.8, 4) is 0 Å². The zero-order chi connectivity index (χ0) is 14.1. The lowest BCUT2D eigenvalue weighted by atomic mass is 10.1. The number of H-pyrrole nitrogens is 2. The first-order valence-corrected chi connectivity index (χ1v) is 6.18. The lowest BCUT2D eigenvalue weighted by Crippen LogP contribution is -2.26. The molecule has 102 valence electrons. The molecule has 0 radical (unpaired) electrons. The van der Waals surface area contributed by atoms with Crippen LogP contribution in [0.5, 0.6) is 0 Å². The fraction of sp³-hybridized carbons (Fsp3) is 0.154. The molecule has 0 aliphatic carbocycles. The van der Waals surface area contributed by atoms with Crippen LogP contribution in [0.15, 0.2) is 30.6 Å². The van der Waals surface area contributed by atoms with Crippen LogP contribution in [0.3, 0.4) is 0 Å². The third-order valence-corrected chi connectivity index (χ3v) is 3.17. The molecule has 0 spiro atoms. The molecular formula is C13H14N6O. The second-order valence-corrected chi connectivity index (χ2v) is 4.60. The standard InChI is InChI=1S/C13H14N6O/c1-7(8-5-15-16-6-8)17-13(20)12-10-4-9(14)2-3-11(10)18-19-12/h2-7H,14H2,1H3,(H,15,16)(H,17,20)(H,18,19). The number of rotatable bonds is 3. The van der Waals surface area contributed by atoms with Crippen LogP contribution >= 0.6 is 0 Å². The van der Waals surface area contributed by atoms with Crippen molar-refractivity contribution in [1.82, 2.24) is 25.7 Å². The number of carbonyl (C=O) groups is 1. The van der Waals surface area contributed by atoms with Crippen LogP contribution in [-0.2, 0) is 0 Å². The number of fused-ring (bicyclic) bond motifs is 1. The van der Waals surface area contributed by atoms with Gasteiger partial charge in [-0.05, 0) is 25.1 Å². The second kappa shape index (κ2) is 4.69. The van der Waals surface area contributed by atoms with Crippen molar-refractivity contribution in [3.63, 3.8) is 0 Å². The van der Waals surface area contributed by atoms with Gasteiger partial charge in [0.2, 0.25) is 0 Å². The molecule has 0 aliphatic rings. The first kappa shape index (κ1) is 12.2. The third kappa shape index (κ3) is 2.09. The van der Waals surface area contributed by atoms with Crippen molar-refractivity contribution in [2.75, 3.05) is 5.73 Å². The number of aromatic amines is 2. The maximum Gasteiger partial charge on any atom is 0.272 e. The molecule has 7 heteroatoms. The summed E-state index contributed by atoms with van der Waals surface area (Å²) in [6.07, 6.45) is 3.41. The molecule has 3 aromatic rings. The molecule has 0 saturated carbocycles. The van der Waals surface area contributed by atoms with Crippen LogP contribution in [0, 0.1) is 0 Å². The van der Waals surface area contributed by atoms with Crippen molar-refractivity contribution >= 4 is 22.5 Å². The highest BCUT2D eigenvalue weighted by Gasteiger charge is 2.17. The number of nitrogens with one attached hydrogen (secondary N) is 3. The normalized spacial score (nSPS) is 12.4. The number of nitrogens with zero attached hydrogens (tertiary/aromatic N) is 2. The van der Waals surface area contributed by atoms with E-state index < -0.39 is 0 Å². The molecule has 0 saturated heterocycles. The van der Waals surface area contributed by atoms with E-state index in [4.69, 9.17) is 5.73 Å². The summed E-state index contributed by atoms with van der Waals surface area (Å²) in [7, 11) is 0. The van der Waals surface area contributed by atoms with Gasteiger partial charge in [0, 0.05) is 22.8 Å². The molecule has 1 amide bonds. The fourth-order valence-corrected chi connectivity index (χ4v) is 2.05. The Hall–Kier alpha value is -2.83. The molecule has 3 rings (SSSR count). The van der Waals surface area contributed by atoms with E-state index in [1.54, 1.807) is 30.6 Å². The highest BCUT2D eigenvalue weighted by atomic mass is 16.2. The van der Waals surface area contributed by atoms with Gasteiger partial charge in [-0.25, -0.2) is 0 Å². The van der Waals surface area contributed by atoms with Crippen molar-refractivity contribution in [2.45, 2.75) is 13.0 Å². The topological polar surface area (TPSA) is 112 Å². The molecular weight excluding hydrogens is 256 g/mol. The molecule has 1 atom stereocenters. The van der Waals surface area contributed by atoms with Gasteiger partial charge in [0.25, 0.3) is 5.91 Å². The summed E-state index contributed by atoms with van der Waals surface area (Å²) in [6, 6.07) is 5.13. The van der Waals surface area contributed by atoms with Gasteiger partial charge in [0.1, 0.15) is 0 Å². The molecule has 0 fully saturated rings. The minimum absolute atomic E-state index is 0.158. The quantitative estimate of drug-likeness (QED) is 0.538. The van der Waals surface area contributed by atoms with Crippen molar-refractivity contribution in [2.24, 2.45) is 0 Å². The average molecular weight is 270 g/mol. The van der Waals surface area contributed by atoms with E-state index in [2.05, 4.69) is 25.7 Å². The number of hydrogen-bond acceptors (Lipinski definition) is 4. The highest BCUT2D eigenvalue weighted by Crippen LogP contribution is 2.19. The SMILES string of the molecule is CC(NC(=O)c1n[nH]c2ccc(N)cc12)c1cn[nH]c1. The summed E-state index contributed by atoms with van der Waals surface area (Å²) in [5.74, 6) is -0.254. The van der Waals surface area contributed by atoms with Crippen LogP contribution < -0.4 is 11.1 Å². The Bertz CT molecular complexity index is 745. The predicted molar refractivity (Wildman–Crippen MR) is 75.0 cm³/mol. The number of benzene rings is 1. The van der Waals surface area contributed by atoms with E-state index in [-0.39, 0.29) is 11.9 Å². The first-order chi connectivity index (χ1) is 9.65. The summed E-state index contributed by atoms with van der Waals surface area (Å²) < 4.78 is 0. The van der Waals surface area contributed by atoms with Crippen molar-refractivity contribution in [1.29, 1.82) is 0 Å². The van der Waals surface area contributed by atoms with Crippen LogP contribution in [0.25, 0.3) is 10.9 Å². The Morgan fingerprint density at radius 2 is 2.30 bits per heavy atom. The van der Waals surface area contributed by atoms with Gasteiger partial charge < -0.3 is 11.1 Å². The van der Waals surface area contributed by atoms with Gasteiger partial charge in [-0.15, -0.1) is 0 Å². The maximum absolute atomic E-state index is 12.3. The van der Waals surface area contributed by atoms with Gasteiger partial charge in [-0.2, -0.15) is 10.2 Å². The predicted octanol–water partition coefficient (Wildman–Crippen LogP) is 1.36. The number of hydrogen-bond donors (Lipinski definition) is 4. The number of amides is 1. The molecule has 20 heavy (non-hydrogen) atoms. The minimum Gasteiger partial charge on any atom is -0.399 e. The van der Waals surface area contributed by atoms with E-state index in [9.17, 15) is 4.79 Å². The van der Waals surface area contributed by atoms with E-state index in [1.165, 1.54) is 0 Å². The number of nitrogen functional groups attached to an aromatic ring is 1. The van der Waals surface area contributed by atoms with E-state index in [1.807, 2.05) is 6.92 Å². The van der Waals surface area contributed by atoms with Gasteiger partial charge >= 0.3 is 0 Å². The Kier molecular flexibility index (Phi) is 2.86. The Balaban J connectivity index is 1.87. The number of carbonyl (C=O) groups excluding carboxylic acids is 1. The summed E-state index contributed by atoms with van der Waals surface area (Å²) in [5.41, 5.74) is 8.35. The Morgan fingerprint density at radius 1 is 1.45 bits per heavy atom. The van der Waals surface area contributed by atoms with Crippen molar-refractivity contribution < 1.29 is 4.79 Å². The maximum atomic E-state index is 12.3. The molecule has 2 aromatic heterocycles. The largest absolute Gasteiger partial charge is 0.399 e. The third-order valence-electron chi connectivity index (χ3n) is 3.17. The van der Waals surface area contributed by atoms with Gasteiger partial charge in [0.05, 0.1) is 17.8 Å². The molecule has 1 unspecified atom stereocenters. The Labute approximate surface area is 114 Å². The molecule has 0 aliphatic heterocycles. The van der Waals surface area contributed by atoms with Gasteiger partial charge in [-0.3, -0.25) is 15.0 Å².